The van der Waals surface area contributed by atoms with Gasteiger partial charge in [0.25, 0.3) is 5.91 Å². The van der Waals surface area contributed by atoms with Crippen LogP contribution in [-0.4, -0.2) is 49.7 Å². The van der Waals surface area contributed by atoms with Crippen LogP contribution in [0.3, 0.4) is 0 Å². The summed E-state index contributed by atoms with van der Waals surface area (Å²) >= 11 is 3.34. The van der Waals surface area contributed by atoms with E-state index in [-0.39, 0.29) is 24.4 Å². The number of rotatable bonds is 3. The lowest BCUT2D eigenvalue weighted by atomic mass is 10.1. The Labute approximate surface area is 126 Å². The number of carbonyl (C=O) groups excluding carboxylic acids is 2. The second-order valence-corrected chi connectivity index (χ2v) is 5.45. The minimum Gasteiger partial charge on any atom is -0.469 e. The average Bonchev–Trinajstić information content (AvgIpc) is 2.47. The Hall–Kier alpha value is -1.40. The van der Waals surface area contributed by atoms with Gasteiger partial charge in [0.1, 0.15) is 0 Å². The number of nitrogens with zero attached hydrogens (tertiary/aromatic N) is 1. The molecule has 1 aliphatic heterocycles. The first-order valence-electron chi connectivity index (χ1n) is 6.33. The summed E-state index contributed by atoms with van der Waals surface area (Å²) in [6.07, 6.45) is -0.128. The zero-order valence-corrected chi connectivity index (χ0v) is 12.8. The number of benzene rings is 1. The van der Waals surface area contributed by atoms with Gasteiger partial charge in [-0.05, 0) is 24.3 Å². The van der Waals surface area contributed by atoms with E-state index in [2.05, 4.69) is 20.7 Å². The molecule has 0 aliphatic carbocycles. The van der Waals surface area contributed by atoms with E-state index in [9.17, 15) is 9.59 Å². The highest BCUT2D eigenvalue weighted by molar-refractivity contribution is 9.10. The maximum atomic E-state index is 12.4. The second-order valence-electron chi connectivity index (χ2n) is 4.53. The number of esters is 1. The number of ether oxygens (including phenoxy) is 2. The zero-order valence-electron chi connectivity index (χ0n) is 11.2. The molecule has 1 fully saturated rings. The normalized spacial score (nSPS) is 18.7. The summed E-state index contributed by atoms with van der Waals surface area (Å²) < 4.78 is 11.0. The van der Waals surface area contributed by atoms with Gasteiger partial charge < -0.3 is 14.4 Å². The van der Waals surface area contributed by atoms with Gasteiger partial charge in [0.2, 0.25) is 0 Å². The molecule has 2 rings (SSSR count). The van der Waals surface area contributed by atoms with Gasteiger partial charge in [-0.1, -0.05) is 15.9 Å². The van der Waals surface area contributed by atoms with Gasteiger partial charge in [0, 0.05) is 23.1 Å². The van der Waals surface area contributed by atoms with Gasteiger partial charge in [-0.3, -0.25) is 9.59 Å². The molecule has 20 heavy (non-hydrogen) atoms. The summed E-state index contributed by atoms with van der Waals surface area (Å²) in [5, 5.41) is 0. The lowest BCUT2D eigenvalue weighted by Crippen LogP contribution is -2.46. The molecule has 1 amide bonds. The van der Waals surface area contributed by atoms with Gasteiger partial charge in [0.05, 0.1) is 26.2 Å². The number of amides is 1. The van der Waals surface area contributed by atoms with Crippen LogP contribution in [-0.2, 0) is 14.3 Å². The Morgan fingerprint density at radius 2 is 2.10 bits per heavy atom. The second kappa shape index (κ2) is 6.85. The van der Waals surface area contributed by atoms with Gasteiger partial charge >= 0.3 is 5.97 Å². The van der Waals surface area contributed by atoms with Crippen molar-refractivity contribution in [2.45, 2.75) is 12.5 Å². The molecule has 108 valence electrons. The van der Waals surface area contributed by atoms with E-state index in [4.69, 9.17) is 4.74 Å². The van der Waals surface area contributed by atoms with Crippen molar-refractivity contribution in [3.8, 4) is 0 Å². The summed E-state index contributed by atoms with van der Waals surface area (Å²) in [5.74, 6) is -0.372. The van der Waals surface area contributed by atoms with E-state index in [1.807, 2.05) is 12.1 Å². The van der Waals surface area contributed by atoms with Crippen LogP contribution < -0.4 is 0 Å². The Morgan fingerprint density at radius 1 is 1.40 bits per heavy atom. The number of carbonyl (C=O) groups is 2. The first-order valence-corrected chi connectivity index (χ1v) is 7.12. The fourth-order valence-corrected chi connectivity index (χ4v) is 2.34. The van der Waals surface area contributed by atoms with Crippen LogP contribution in [0.4, 0.5) is 0 Å². The molecule has 0 spiro atoms. The highest BCUT2D eigenvalue weighted by atomic mass is 79.9. The summed E-state index contributed by atoms with van der Waals surface area (Å²) in [6, 6.07) is 7.22. The Morgan fingerprint density at radius 3 is 2.75 bits per heavy atom. The molecule has 1 heterocycles. The number of methoxy groups -OCH3 is 1. The maximum Gasteiger partial charge on any atom is 0.308 e. The zero-order chi connectivity index (χ0) is 14.5. The van der Waals surface area contributed by atoms with Crippen molar-refractivity contribution in [3.63, 3.8) is 0 Å². The highest BCUT2D eigenvalue weighted by Crippen LogP contribution is 2.15. The van der Waals surface area contributed by atoms with Crippen LogP contribution in [0.2, 0.25) is 0 Å². The van der Waals surface area contributed by atoms with Crippen molar-refractivity contribution < 1.29 is 19.1 Å². The molecular weight excluding hydrogens is 326 g/mol. The van der Waals surface area contributed by atoms with Gasteiger partial charge in [-0.2, -0.15) is 0 Å². The van der Waals surface area contributed by atoms with Crippen LogP contribution in [0, 0.1) is 0 Å². The predicted molar refractivity (Wildman–Crippen MR) is 76.4 cm³/mol. The number of halogens is 1. The fraction of sp³-hybridized carbons (Fsp3) is 0.429. The Kier molecular flexibility index (Phi) is 5.14. The van der Waals surface area contributed by atoms with Crippen molar-refractivity contribution in [3.05, 3.63) is 34.3 Å². The Bertz CT molecular complexity index is 488. The lowest BCUT2D eigenvalue weighted by Gasteiger charge is -2.32. The van der Waals surface area contributed by atoms with Crippen molar-refractivity contribution in [1.29, 1.82) is 0 Å². The predicted octanol–water partition coefficient (Wildman–Crippen LogP) is 1.85. The molecule has 1 aromatic rings. The largest absolute Gasteiger partial charge is 0.469 e. The minimum atomic E-state index is -0.326. The van der Waals surface area contributed by atoms with Gasteiger partial charge in [-0.15, -0.1) is 0 Å². The van der Waals surface area contributed by atoms with Crippen molar-refractivity contribution in [2.24, 2.45) is 0 Å². The fourth-order valence-electron chi connectivity index (χ4n) is 2.07. The molecule has 0 radical (unpaired) electrons. The third-order valence-electron chi connectivity index (χ3n) is 3.14. The third kappa shape index (κ3) is 3.80. The summed E-state index contributed by atoms with van der Waals surface area (Å²) in [7, 11) is 1.34. The topological polar surface area (TPSA) is 55.8 Å². The van der Waals surface area contributed by atoms with Gasteiger partial charge in [-0.25, -0.2) is 0 Å². The van der Waals surface area contributed by atoms with E-state index in [1.54, 1.807) is 17.0 Å². The van der Waals surface area contributed by atoms with Crippen molar-refractivity contribution in [1.82, 2.24) is 4.90 Å². The molecule has 6 heteroatoms. The van der Waals surface area contributed by atoms with Crippen molar-refractivity contribution in [2.75, 3.05) is 26.8 Å². The monoisotopic (exact) mass is 341 g/mol. The lowest BCUT2D eigenvalue weighted by molar-refractivity contribution is -0.145. The highest BCUT2D eigenvalue weighted by Gasteiger charge is 2.26. The van der Waals surface area contributed by atoms with Crippen LogP contribution in [0.15, 0.2) is 28.7 Å². The smallest absolute Gasteiger partial charge is 0.308 e. The van der Waals surface area contributed by atoms with E-state index in [1.165, 1.54) is 7.11 Å². The number of hydrogen-bond acceptors (Lipinski definition) is 4. The molecule has 1 saturated heterocycles. The standard InChI is InChI=1S/C14H16BrNO4/c1-19-13(17)8-12-9-16(6-7-20-12)14(18)10-2-4-11(15)5-3-10/h2-5,12H,6-9H2,1H3. The first-order chi connectivity index (χ1) is 9.60. The van der Waals surface area contributed by atoms with E-state index >= 15 is 0 Å². The number of morpholine rings is 1. The summed E-state index contributed by atoms with van der Waals surface area (Å²) in [4.78, 5) is 25.3. The molecule has 0 bridgehead atoms. The summed E-state index contributed by atoms with van der Waals surface area (Å²) in [5.41, 5.74) is 0.631. The van der Waals surface area contributed by atoms with Crippen molar-refractivity contribution >= 4 is 27.8 Å². The van der Waals surface area contributed by atoms with Crippen LogP contribution in [0.1, 0.15) is 16.8 Å². The molecule has 0 N–H and O–H groups in total. The van der Waals surface area contributed by atoms with Crippen LogP contribution >= 0.6 is 15.9 Å². The van der Waals surface area contributed by atoms with E-state index in [0.717, 1.165) is 4.47 Å². The maximum absolute atomic E-state index is 12.4. The van der Waals surface area contributed by atoms with E-state index in [0.29, 0.717) is 25.3 Å². The summed E-state index contributed by atoms with van der Waals surface area (Å²) in [6.45, 7) is 1.38. The molecule has 1 aromatic carbocycles. The molecule has 1 atom stereocenters. The Balaban J connectivity index is 1.99. The molecule has 5 nitrogen and oxygen atoms in total. The minimum absolute atomic E-state index is 0.0457. The molecule has 0 aromatic heterocycles. The third-order valence-corrected chi connectivity index (χ3v) is 3.67. The molecule has 1 aliphatic rings. The first kappa shape index (κ1) is 15.0. The van der Waals surface area contributed by atoms with Crippen LogP contribution in [0.25, 0.3) is 0 Å². The molecule has 0 saturated carbocycles. The average molecular weight is 342 g/mol. The van der Waals surface area contributed by atoms with Crippen LogP contribution in [0.5, 0.6) is 0 Å². The molecular formula is C14H16BrNO4. The SMILES string of the molecule is COC(=O)CC1CN(C(=O)c2ccc(Br)cc2)CCO1. The quantitative estimate of drug-likeness (QED) is 0.787. The molecule has 1 unspecified atom stereocenters. The van der Waals surface area contributed by atoms with E-state index < -0.39 is 0 Å². The number of hydrogen-bond donors (Lipinski definition) is 0. The van der Waals surface area contributed by atoms with Gasteiger partial charge in [0.15, 0.2) is 0 Å².